The van der Waals surface area contributed by atoms with Crippen LogP contribution in [0.4, 0.5) is 0 Å². The molecule has 9 nitrogen and oxygen atoms in total. The first-order valence-electron chi connectivity index (χ1n) is 9.83. The number of aryl methyl sites for hydroxylation is 2. The minimum absolute atomic E-state index is 0.183. The molecule has 1 aromatic carbocycles. The molecule has 0 unspecified atom stereocenters. The SMILES string of the molecule is CCCOc1nc(OCCC)c2nc(-c3cc(C)c(OCC(=O)O)c(C)c3)oc2n1. The zero-order chi connectivity index (χ0) is 21.7. The van der Waals surface area contributed by atoms with Crippen molar-refractivity contribution in [2.24, 2.45) is 0 Å². The fourth-order valence-corrected chi connectivity index (χ4v) is 2.89. The zero-order valence-corrected chi connectivity index (χ0v) is 17.5. The standard InChI is InChI=1S/C21H25N3O6/c1-5-7-27-19-16-20(24-21(23-19)28-8-6-2)30-18(22-16)14-9-12(3)17(13(4)10-14)29-11-15(25)26/h9-10H,5-8,11H2,1-4H3,(H,25,26). The van der Waals surface area contributed by atoms with E-state index in [4.69, 9.17) is 23.7 Å². The van der Waals surface area contributed by atoms with Crippen LogP contribution in [0.3, 0.4) is 0 Å². The van der Waals surface area contributed by atoms with Gasteiger partial charge in [0.1, 0.15) is 5.75 Å². The van der Waals surface area contributed by atoms with Crippen LogP contribution in [0.15, 0.2) is 16.5 Å². The number of carbonyl (C=O) groups is 1. The molecule has 0 aliphatic carbocycles. The summed E-state index contributed by atoms with van der Waals surface area (Å²) in [5.74, 6) is 0.164. The van der Waals surface area contributed by atoms with Crippen LogP contribution in [0.5, 0.6) is 17.6 Å². The summed E-state index contributed by atoms with van der Waals surface area (Å²) in [6.45, 7) is 8.23. The van der Waals surface area contributed by atoms with Gasteiger partial charge in [0.25, 0.3) is 11.6 Å². The second-order valence-corrected chi connectivity index (χ2v) is 6.80. The fourth-order valence-electron chi connectivity index (χ4n) is 2.89. The van der Waals surface area contributed by atoms with Crippen molar-refractivity contribution in [3.05, 3.63) is 23.3 Å². The summed E-state index contributed by atoms with van der Waals surface area (Å²) in [5, 5.41) is 8.85. The molecule has 9 heteroatoms. The van der Waals surface area contributed by atoms with Crippen molar-refractivity contribution in [3.8, 4) is 29.1 Å². The van der Waals surface area contributed by atoms with Gasteiger partial charge in [0.2, 0.25) is 5.89 Å². The maximum atomic E-state index is 10.8. The highest BCUT2D eigenvalue weighted by atomic mass is 16.5. The molecule has 160 valence electrons. The molecular weight excluding hydrogens is 390 g/mol. The molecule has 0 fully saturated rings. The van der Waals surface area contributed by atoms with Crippen LogP contribution in [-0.4, -0.2) is 45.8 Å². The molecule has 30 heavy (non-hydrogen) atoms. The maximum Gasteiger partial charge on any atom is 0.341 e. The second kappa shape index (κ2) is 9.43. The van der Waals surface area contributed by atoms with E-state index in [0.29, 0.717) is 41.8 Å². The zero-order valence-electron chi connectivity index (χ0n) is 17.5. The highest BCUT2D eigenvalue weighted by molar-refractivity contribution is 5.78. The summed E-state index contributed by atoms with van der Waals surface area (Å²) in [7, 11) is 0. The number of carboxylic acid groups (broad SMARTS) is 1. The van der Waals surface area contributed by atoms with Crippen LogP contribution in [0.2, 0.25) is 0 Å². The summed E-state index contributed by atoms with van der Waals surface area (Å²) in [4.78, 5) is 24.0. The molecule has 0 spiro atoms. The van der Waals surface area contributed by atoms with Crippen molar-refractivity contribution >= 4 is 17.2 Å². The summed E-state index contributed by atoms with van der Waals surface area (Å²) >= 11 is 0. The third kappa shape index (κ3) is 4.79. The minimum Gasteiger partial charge on any atom is -0.481 e. The monoisotopic (exact) mass is 415 g/mol. The van der Waals surface area contributed by atoms with Gasteiger partial charge in [0.15, 0.2) is 12.1 Å². The van der Waals surface area contributed by atoms with Crippen LogP contribution < -0.4 is 14.2 Å². The topological polar surface area (TPSA) is 117 Å². The van der Waals surface area contributed by atoms with Gasteiger partial charge in [-0.3, -0.25) is 0 Å². The maximum absolute atomic E-state index is 10.8. The fraction of sp³-hybridized carbons (Fsp3) is 0.429. The Morgan fingerprint density at radius 2 is 1.67 bits per heavy atom. The van der Waals surface area contributed by atoms with Crippen molar-refractivity contribution in [2.45, 2.75) is 40.5 Å². The molecule has 3 rings (SSSR count). The molecule has 0 bridgehead atoms. The van der Waals surface area contributed by atoms with Crippen LogP contribution in [-0.2, 0) is 4.79 Å². The Labute approximate surface area is 174 Å². The van der Waals surface area contributed by atoms with Crippen molar-refractivity contribution in [2.75, 3.05) is 19.8 Å². The van der Waals surface area contributed by atoms with Gasteiger partial charge in [-0.25, -0.2) is 9.78 Å². The van der Waals surface area contributed by atoms with E-state index < -0.39 is 12.6 Å². The molecule has 2 aromatic heterocycles. The molecule has 0 aliphatic rings. The molecule has 0 saturated carbocycles. The third-order valence-corrected chi connectivity index (χ3v) is 4.13. The Morgan fingerprint density at radius 1 is 1.00 bits per heavy atom. The first kappa shape index (κ1) is 21.4. The van der Waals surface area contributed by atoms with Gasteiger partial charge in [-0.05, 0) is 49.9 Å². The number of nitrogens with zero attached hydrogens (tertiary/aromatic N) is 3. The van der Waals surface area contributed by atoms with Crippen molar-refractivity contribution < 1.29 is 28.5 Å². The number of aliphatic carboxylic acids is 1. The number of aromatic nitrogens is 3. The lowest BCUT2D eigenvalue weighted by Gasteiger charge is -2.11. The van der Waals surface area contributed by atoms with Crippen molar-refractivity contribution in [1.82, 2.24) is 15.0 Å². The van der Waals surface area contributed by atoms with E-state index >= 15 is 0 Å². The average Bonchev–Trinajstić information content (AvgIpc) is 3.13. The second-order valence-electron chi connectivity index (χ2n) is 6.80. The molecular formula is C21H25N3O6. The lowest BCUT2D eigenvalue weighted by molar-refractivity contribution is -0.139. The van der Waals surface area contributed by atoms with Gasteiger partial charge in [-0.2, -0.15) is 9.97 Å². The average molecular weight is 415 g/mol. The third-order valence-electron chi connectivity index (χ3n) is 4.13. The molecule has 2 heterocycles. The number of fused-ring (bicyclic) bond motifs is 1. The predicted octanol–water partition coefficient (Wildman–Crippen LogP) is 3.94. The minimum atomic E-state index is -1.03. The number of benzene rings is 1. The summed E-state index contributed by atoms with van der Waals surface area (Å²) in [6.07, 6.45) is 1.64. The van der Waals surface area contributed by atoms with Crippen LogP contribution in [0.25, 0.3) is 22.7 Å². The Bertz CT molecular complexity index is 1020. The molecule has 3 aromatic rings. The number of hydrogen-bond donors (Lipinski definition) is 1. The Kier molecular flexibility index (Phi) is 6.71. The number of ether oxygens (including phenoxy) is 3. The van der Waals surface area contributed by atoms with Crippen LogP contribution >= 0.6 is 0 Å². The van der Waals surface area contributed by atoms with E-state index in [1.165, 1.54) is 0 Å². The van der Waals surface area contributed by atoms with Gasteiger partial charge in [0, 0.05) is 5.56 Å². The van der Waals surface area contributed by atoms with Gasteiger partial charge in [-0.1, -0.05) is 13.8 Å². The first-order valence-corrected chi connectivity index (χ1v) is 9.83. The number of oxazole rings is 1. The van der Waals surface area contributed by atoms with Gasteiger partial charge < -0.3 is 23.7 Å². The molecule has 0 saturated heterocycles. The summed E-state index contributed by atoms with van der Waals surface area (Å²) < 4.78 is 22.5. The van der Waals surface area contributed by atoms with E-state index in [-0.39, 0.29) is 11.7 Å². The molecule has 0 radical (unpaired) electrons. The largest absolute Gasteiger partial charge is 0.481 e. The van der Waals surface area contributed by atoms with Crippen LogP contribution in [0, 0.1) is 13.8 Å². The Balaban J connectivity index is 2.00. The summed E-state index contributed by atoms with van der Waals surface area (Å²) in [5.41, 5.74) is 2.95. The summed E-state index contributed by atoms with van der Waals surface area (Å²) in [6, 6.07) is 3.83. The quantitative estimate of drug-likeness (QED) is 0.525. The lowest BCUT2D eigenvalue weighted by atomic mass is 10.1. The Morgan fingerprint density at radius 3 is 2.30 bits per heavy atom. The predicted molar refractivity (Wildman–Crippen MR) is 109 cm³/mol. The van der Waals surface area contributed by atoms with E-state index in [9.17, 15) is 4.79 Å². The van der Waals surface area contributed by atoms with Gasteiger partial charge in [0.05, 0.1) is 13.2 Å². The Hall–Kier alpha value is -3.36. The normalized spacial score (nSPS) is 10.9. The molecule has 1 N–H and O–H groups in total. The smallest absolute Gasteiger partial charge is 0.341 e. The van der Waals surface area contributed by atoms with Crippen molar-refractivity contribution in [3.63, 3.8) is 0 Å². The number of hydrogen-bond acceptors (Lipinski definition) is 8. The van der Waals surface area contributed by atoms with Gasteiger partial charge in [-0.15, -0.1) is 0 Å². The van der Waals surface area contributed by atoms with E-state index in [1.54, 1.807) is 0 Å². The molecule has 0 atom stereocenters. The number of rotatable bonds is 10. The van der Waals surface area contributed by atoms with Crippen LogP contribution in [0.1, 0.15) is 37.8 Å². The van der Waals surface area contributed by atoms with E-state index in [2.05, 4.69) is 15.0 Å². The van der Waals surface area contributed by atoms with E-state index in [1.807, 2.05) is 39.8 Å². The highest BCUT2D eigenvalue weighted by Crippen LogP contribution is 2.33. The first-order chi connectivity index (χ1) is 14.4. The number of carboxylic acids is 1. The highest BCUT2D eigenvalue weighted by Gasteiger charge is 2.19. The lowest BCUT2D eigenvalue weighted by Crippen LogP contribution is -2.10. The van der Waals surface area contributed by atoms with E-state index in [0.717, 1.165) is 24.0 Å². The molecule has 0 amide bonds. The van der Waals surface area contributed by atoms with Crippen molar-refractivity contribution in [1.29, 1.82) is 0 Å². The van der Waals surface area contributed by atoms with Gasteiger partial charge >= 0.3 is 12.0 Å². The molecule has 0 aliphatic heterocycles.